The van der Waals surface area contributed by atoms with Gasteiger partial charge < -0.3 is 0 Å². The number of carbonyl (C=O) groups is 1. The molecule has 1 unspecified atom stereocenters. The van der Waals surface area contributed by atoms with Crippen molar-refractivity contribution in [2.24, 2.45) is 11.3 Å². The summed E-state index contributed by atoms with van der Waals surface area (Å²) < 4.78 is 0. The number of allylic oxidation sites excluding steroid dienone is 2. The van der Waals surface area contributed by atoms with Crippen molar-refractivity contribution in [2.45, 2.75) is 33.6 Å². The van der Waals surface area contributed by atoms with Gasteiger partial charge in [0.2, 0.25) is 0 Å². The van der Waals surface area contributed by atoms with Gasteiger partial charge in [-0.05, 0) is 31.4 Å². The second-order valence-corrected chi connectivity index (χ2v) is 5.41. The molecule has 0 aromatic carbocycles. The van der Waals surface area contributed by atoms with Crippen molar-refractivity contribution < 1.29 is 4.79 Å². The van der Waals surface area contributed by atoms with Gasteiger partial charge in [0.05, 0.1) is 0 Å². The molecule has 2 heteroatoms. The first kappa shape index (κ1) is 10.8. The van der Waals surface area contributed by atoms with Gasteiger partial charge in [-0.2, -0.15) is 0 Å². The summed E-state index contributed by atoms with van der Waals surface area (Å²) >= 11 is 1.36. The van der Waals surface area contributed by atoms with Crippen LogP contribution in [0.4, 0.5) is 0 Å². The molecule has 0 heterocycles. The largest absolute Gasteiger partial charge is 0.287 e. The molecular formula is C11H18OS. The Bertz CT molecular complexity index is 240. The molecule has 1 aliphatic rings. The normalized spacial score (nSPS) is 26.8. The summed E-state index contributed by atoms with van der Waals surface area (Å²) in [6, 6.07) is 0. The molecule has 0 radical (unpaired) electrons. The molecule has 74 valence electrons. The van der Waals surface area contributed by atoms with Crippen LogP contribution < -0.4 is 0 Å². The van der Waals surface area contributed by atoms with Gasteiger partial charge in [-0.25, -0.2) is 0 Å². The summed E-state index contributed by atoms with van der Waals surface area (Å²) in [5, 5.41) is 0.321. The Kier molecular flexibility index (Phi) is 3.23. The molecule has 0 N–H and O–H groups in total. The highest BCUT2D eigenvalue weighted by Crippen LogP contribution is 2.39. The Balaban J connectivity index is 2.80. The molecule has 0 amide bonds. The first-order chi connectivity index (χ1) is 5.96. The van der Waals surface area contributed by atoms with E-state index in [1.165, 1.54) is 17.3 Å². The lowest BCUT2D eigenvalue weighted by molar-refractivity contribution is -0.114. The van der Waals surface area contributed by atoms with Gasteiger partial charge >= 0.3 is 0 Å². The Morgan fingerprint density at radius 2 is 2.23 bits per heavy atom. The molecule has 13 heavy (non-hydrogen) atoms. The third kappa shape index (κ3) is 2.60. The molecule has 0 saturated carbocycles. The summed E-state index contributed by atoms with van der Waals surface area (Å²) in [6.45, 7) is 6.54. The number of hydrogen-bond donors (Lipinski definition) is 0. The van der Waals surface area contributed by atoms with E-state index in [2.05, 4.69) is 26.8 Å². The second kappa shape index (κ2) is 3.87. The lowest BCUT2D eigenvalue weighted by atomic mass is 9.73. The number of hydrogen-bond acceptors (Lipinski definition) is 2. The van der Waals surface area contributed by atoms with Crippen LogP contribution in [0.1, 0.15) is 33.6 Å². The van der Waals surface area contributed by atoms with E-state index in [4.69, 9.17) is 0 Å². The van der Waals surface area contributed by atoms with E-state index in [0.717, 1.165) is 12.8 Å². The number of carbonyl (C=O) groups excluding carboxylic acids is 1. The topological polar surface area (TPSA) is 17.1 Å². The molecule has 0 aromatic heterocycles. The van der Waals surface area contributed by atoms with Crippen LogP contribution in [0.5, 0.6) is 0 Å². The van der Waals surface area contributed by atoms with Crippen LogP contribution in [-0.2, 0) is 4.79 Å². The van der Waals surface area contributed by atoms with Crippen LogP contribution in [0.25, 0.3) is 0 Å². The molecule has 0 saturated heterocycles. The summed E-state index contributed by atoms with van der Waals surface area (Å²) in [7, 11) is 0. The molecule has 0 bridgehead atoms. The van der Waals surface area contributed by atoms with E-state index < -0.39 is 0 Å². The highest BCUT2D eigenvalue weighted by molar-refractivity contribution is 8.13. The van der Waals surface area contributed by atoms with Crippen molar-refractivity contribution in [1.29, 1.82) is 0 Å². The Morgan fingerprint density at radius 1 is 1.62 bits per heavy atom. The van der Waals surface area contributed by atoms with Gasteiger partial charge in [0, 0.05) is 5.92 Å². The molecule has 0 spiro atoms. The van der Waals surface area contributed by atoms with E-state index in [1.807, 2.05) is 6.26 Å². The first-order valence-corrected chi connectivity index (χ1v) is 5.93. The van der Waals surface area contributed by atoms with E-state index >= 15 is 0 Å². The fourth-order valence-corrected chi connectivity index (χ4v) is 2.34. The molecular weight excluding hydrogens is 180 g/mol. The Labute approximate surface area is 85.0 Å². The van der Waals surface area contributed by atoms with Crippen LogP contribution in [0.15, 0.2) is 11.6 Å². The van der Waals surface area contributed by atoms with E-state index in [-0.39, 0.29) is 5.92 Å². The molecule has 0 aromatic rings. The van der Waals surface area contributed by atoms with Gasteiger partial charge in [-0.15, -0.1) is 0 Å². The lowest BCUT2D eigenvalue weighted by Crippen LogP contribution is -2.25. The van der Waals surface area contributed by atoms with Crippen molar-refractivity contribution in [3.05, 3.63) is 11.6 Å². The van der Waals surface area contributed by atoms with Gasteiger partial charge in [0.15, 0.2) is 5.12 Å². The molecule has 0 fully saturated rings. The molecule has 1 nitrogen and oxygen atoms in total. The SMILES string of the molecule is CSC(=O)C1CC(C)(C)CC=C1C. The maximum absolute atomic E-state index is 11.6. The summed E-state index contributed by atoms with van der Waals surface area (Å²) in [4.78, 5) is 11.6. The zero-order chi connectivity index (χ0) is 10.1. The molecule has 1 atom stereocenters. The van der Waals surface area contributed by atoms with Crippen molar-refractivity contribution in [3.8, 4) is 0 Å². The van der Waals surface area contributed by atoms with Crippen molar-refractivity contribution in [3.63, 3.8) is 0 Å². The third-order valence-corrected chi connectivity index (χ3v) is 3.46. The minimum atomic E-state index is 0.166. The summed E-state index contributed by atoms with van der Waals surface area (Å²) in [5.41, 5.74) is 1.56. The summed E-state index contributed by atoms with van der Waals surface area (Å²) in [5.74, 6) is 0.166. The van der Waals surface area contributed by atoms with Crippen LogP contribution >= 0.6 is 11.8 Å². The maximum Gasteiger partial charge on any atom is 0.195 e. The zero-order valence-corrected chi connectivity index (χ0v) is 9.70. The number of thioether (sulfide) groups is 1. The predicted octanol–water partition coefficient (Wildman–Crippen LogP) is 3.26. The Hall–Kier alpha value is -0.240. The third-order valence-electron chi connectivity index (χ3n) is 2.77. The van der Waals surface area contributed by atoms with Gasteiger partial charge in [0.25, 0.3) is 0 Å². The highest BCUT2D eigenvalue weighted by Gasteiger charge is 2.31. The van der Waals surface area contributed by atoms with Crippen LogP contribution in [0, 0.1) is 11.3 Å². The molecule has 1 aliphatic carbocycles. The van der Waals surface area contributed by atoms with Gasteiger partial charge in [-0.1, -0.05) is 37.3 Å². The maximum atomic E-state index is 11.6. The first-order valence-electron chi connectivity index (χ1n) is 4.71. The standard InChI is InChI=1S/C11H18OS/c1-8-5-6-11(2,3)7-9(8)10(12)13-4/h5,9H,6-7H2,1-4H3. The molecule has 0 aliphatic heterocycles. The van der Waals surface area contributed by atoms with Gasteiger partial charge in [-0.3, -0.25) is 4.79 Å². The highest BCUT2D eigenvalue weighted by atomic mass is 32.2. The van der Waals surface area contributed by atoms with E-state index in [9.17, 15) is 4.79 Å². The monoisotopic (exact) mass is 198 g/mol. The Morgan fingerprint density at radius 3 is 2.77 bits per heavy atom. The quantitative estimate of drug-likeness (QED) is 0.602. The van der Waals surface area contributed by atoms with Crippen LogP contribution in [-0.4, -0.2) is 11.4 Å². The zero-order valence-electron chi connectivity index (χ0n) is 8.89. The average molecular weight is 198 g/mol. The fourth-order valence-electron chi connectivity index (χ4n) is 1.79. The van der Waals surface area contributed by atoms with Crippen LogP contribution in [0.2, 0.25) is 0 Å². The van der Waals surface area contributed by atoms with Crippen LogP contribution in [0.3, 0.4) is 0 Å². The minimum absolute atomic E-state index is 0.166. The molecule has 1 rings (SSSR count). The van der Waals surface area contributed by atoms with Crippen molar-refractivity contribution in [2.75, 3.05) is 6.26 Å². The van der Waals surface area contributed by atoms with E-state index in [1.54, 1.807) is 0 Å². The van der Waals surface area contributed by atoms with Gasteiger partial charge in [0.1, 0.15) is 0 Å². The summed E-state index contributed by atoms with van der Waals surface area (Å²) in [6.07, 6.45) is 6.21. The van der Waals surface area contributed by atoms with Crippen molar-refractivity contribution >= 4 is 16.9 Å². The minimum Gasteiger partial charge on any atom is -0.287 e. The fraction of sp³-hybridized carbons (Fsp3) is 0.727. The van der Waals surface area contributed by atoms with E-state index in [0.29, 0.717) is 10.5 Å². The smallest absolute Gasteiger partial charge is 0.195 e. The lowest BCUT2D eigenvalue weighted by Gasteiger charge is -2.33. The average Bonchev–Trinajstić information content (AvgIpc) is 2.08. The predicted molar refractivity (Wildman–Crippen MR) is 58.8 cm³/mol. The number of rotatable bonds is 1. The van der Waals surface area contributed by atoms with Crippen molar-refractivity contribution in [1.82, 2.24) is 0 Å². The second-order valence-electron chi connectivity index (χ2n) is 4.60.